The van der Waals surface area contributed by atoms with Crippen LogP contribution in [-0.2, 0) is 0 Å². The van der Waals surface area contributed by atoms with E-state index in [0.29, 0.717) is 5.92 Å². The van der Waals surface area contributed by atoms with E-state index in [1.807, 2.05) is 12.1 Å². The van der Waals surface area contributed by atoms with Crippen molar-refractivity contribution in [1.82, 2.24) is 0 Å². The van der Waals surface area contributed by atoms with E-state index < -0.39 is 0 Å². The van der Waals surface area contributed by atoms with Crippen LogP contribution in [0.4, 0.5) is 0 Å². The van der Waals surface area contributed by atoms with E-state index >= 15 is 0 Å². The molecule has 1 nitrogen and oxygen atoms in total. The molecule has 2 rings (SSSR count). The third kappa shape index (κ3) is 3.38. The van der Waals surface area contributed by atoms with Crippen LogP contribution in [0.3, 0.4) is 0 Å². The predicted molar refractivity (Wildman–Crippen MR) is 72.8 cm³/mol. The molecule has 0 saturated heterocycles. The van der Waals surface area contributed by atoms with Crippen molar-refractivity contribution in [2.45, 2.75) is 43.9 Å². The molecule has 1 aromatic carbocycles. The average Bonchev–Trinajstić information content (AvgIpc) is 2.67. The van der Waals surface area contributed by atoms with Gasteiger partial charge in [0.15, 0.2) is 0 Å². The summed E-state index contributed by atoms with van der Waals surface area (Å²) in [4.78, 5) is 0. The summed E-state index contributed by atoms with van der Waals surface area (Å²) in [6, 6.07) is 8.20. The minimum Gasteiger partial charge on any atom is -0.497 e. The van der Waals surface area contributed by atoms with Crippen molar-refractivity contribution in [1.29, 1.82) is 0 Å². The molecule has 1 saturated carbocycles. The molecule has 0 N–H and O–H groups in total. The van der Waals surface area contributed by atoms with Gasteiger partial charge in [0.05, 0.1) is 12.5 Å². The fourth-order valence-electron chi connectivity index (χ4n) is 2.66. The van der Waals surface area contributed by atoms with E-state index in [1.165, 1.54) is 44.1 Å². The minimum atomic E-state index is 0.166. The van der Waals surface area contributed by atoms with Gasteiger partial charge in [0.25, 0.3) is 0 Å². The van der Waals surface area contributed by atoms with Crippen LogP contribution in [0.1, 0.15) is 49.5 Å². The number of ether oxygens (including phenoxy) is 1. The summed E-state index contributed by atoms with van der Waals surface area (Å²) >= 11 is 6.61. The fourth-order valence-corrected chi connectivity index (χ4v) is 3.06. The smallest absolute Gasteiger partial charge is 0.118 e. The molecule has 1 aliphatic carbocycles. The van der Waals surface area contributed by atoms with Crippen molar-refractivity contribution in [2.75, 3.05) is 7.11 Å². The van der Waals surface area contributed by atoms with Gasteiger partial charge < -0.3 is 4.74 Å². The summed E-state index contributed by atoms with van der Waals surface area (Å²) in [7, 11) is 1.69. The SMILES string of the molecule is COc1ccc(C(Cl)C2CCCCCC2)cc1. The van der Waals surface area contributed by atoms with Gasteiger partial charge in [-0.2, -0.15) is 0 Å². The number of rotatable bonds is 3. The highest BCUT2D eigenvalue weighted by atomic mass is 35.5. The topological polar surface area (TPSA) is 9.23 Å². The van der Waals surface area contributed by atoms with Crippen molar-refractivity contribution < 1.29 is 4.74 Å². The zero-order chi connectivity index (χ0) is 12.1. The second-order valence-corrected chi connectivity index (χ2v) is 5.40. The molecule has 17 heavy (non-hydrogen) atoms. The van der Waals surface area contributed by atoms with Crippen LogP contribution in [0.5, 0.6) is 5.75 Å². The lowest BCUT2D eigenvalue weighted by atomic mass is 9.92. The Bertz CT molecular complexity index is 325. The van der Waals surface area contributed by atoms with Gasteiger partial charge in [-0.1, -0.05) is 37.8 Å². The molecule has 0 bridgehead atoms. The Balaban J connectivity index is 2.03. The Hall–Kier alpha value is -0.690. The quantitative estimate of drug-likeness (QED) is 0.547. The monoisotopic (exact) mass is 252 g/mol. The van der Waals surface area contributed by atoms with E-state index in [0.717, 1.165) is 5.75 Å². The number of alkyl halides is 1. The first-order valence-electron chi connectivity index (χ1n) is 6.59. The lowest BCUT2D eigenvalue weighted by Gasteiger charge is -2.21. The molecule has 1 aliphatic rings. The largest absolute Gasteiger partial charge is 0.497 e. The maximum Gasteiger partial charge on any atom is 0.118 e. The highest BCUT2D eigenvalue weighted by Gasteiger charge is 2.22. The van der Waals surface area contributed by atoms with Crippen molar-refractivity contribution in [3.8, 4) is 5.75 Å². The number of hydrogen-bond acceptors (Lipinski definition) is 1. The van der Waals surface area contributed by atoms with Gasteiger partial charge in [-0.15, -0.1) is 11.6 Å². The Morgan fingerprint density at radius 1 is 1.06 bits per heavy atom. The van der Waals surface area contributed by atoms with Gasteiger partial charge in [-0.25, -0.2) is 0 Å². The Kier molecular flexibility index (Phi) is 4.73. The molecule has 0 amide bonds. The van der Waals surface area contributed by atoms with Crippen molar-refractivity contribution in [3.63, 3.8) is 0 Å². The Morgan fingerprint density at radius 3 is 2.18 bits per heavy atom. The zero-order valence-electron chi connectivity index (χ0n) is 10.5. The first kappa shape index (κ1) is 12.8. The molecule has 1 aromatic rings. The summed E-state index contributed by atoms with van der Waals surface area (Å²) in [6.07, 6.45) is 7.99. The number of hydrogen-bond donors (Lipinski definition) is 0. The summed E-state index contributed by atoms with van der Waals surface area (Å²) in [5, 5.41) is 0.166. The molecule has 0 spiro atoms. The third-order valence-corrected chi connectivity index (χ3v) is 4.36. The van der Waals surface area contributed by atoms with Crippen LogP contribution in [0, 0.1) is 5.92 Å². The molecule has 1 fully saturated rings. The molecular formula is C15H21ClO. The van der Waals surface area contributed by atoms with Crippen molar-refractivity contribution in [2.24, 2.45) is 5.92 Å². The van der Waals surface area contributed by atoms with E-state index in [1.54, 1.807) is 7.11 Å². The van der Waals surface area contributed by atoms with Crippen molar-refractivity contribution in [3.05, 3.63) is 29.8 Å². The molecule has 94 valence electrons. The highest BCUT2D eigenvalue weighted by Crippen LogP contribution is 2.38. The van der Waals surface area contributed by atoms with Gasteiger partial charge in [0.2, 0.25) is 0 Å². The van der Waals surface area contributed by atoms with Crippen LogP contribution in [0.25, 0.3) is 0 Å². The first-order chi connectivity index (χ1) is 8.31. The predicted octanol–water partition coefficient (Wildman–Crippen LogP) is 4.95. The number of halogens is 1. The number of benzene rings is 1. The first-order valence-corrected chi connectivity index (χ1v) is 7.03. The Morgan fingerprint density at radius 2 is 1.65 bits per heavy atom. The second-order valence-electron chi connectivity index (χ2n) is 4.93. The Labute approximate surface area is 109 Å². The molecule has 2 heteroatoms. The zero-order valence-corrected chi connectivity index (χ0v) is 11.2. The lowest BCUT2D eigenvalue weighted by Crippen LogP contribution is -2.07. The molecule has 1 atom stereocenters. The third-order valence-electron chi connectivity index (χ3n) is 3.75. The molecule has 1 unspecified atom stereocenters. The van der Waals surface area contributed by atoms with Crippen LogP contribution in [0.15, 0.2) is 24.3 Å². The van der Waals surface area contributed by atoms with Crippen LogP contribution in [-0.4, -0.2) is 7.11 Å². The maximum atomic E-state index is 6.61. The lowest BCUT2D eigenvalue weighted by molar-refractivity contribution is 0.413. The van der Waals surface area contributed by atoms with Crippen molar-refractivity contribution >= 4 is 11.6 Å². The van der Waals surface area contributed by atoms with Gasteiger partial charge in [-0.3, -0.25) is 0 Å². The molecule has 0 heterocycles. The second kappa shape index (κ2) is 6.30. The van der Waals surface area contributed by atoms with Gasteiger partial charge >= 0.3 is 0 Å². The molecule has 0 aliphatic heterocycles. The molecule has 0 radical (unpaired) electrons. The van der Waals surface area contributed by atoms with Crippen LogP contribution < -0.4 is 4.74 Å². The molecule has 0 aromatic heterocycles. The van der Waals surface area contributed by atoms with E-state index in [9.17, 15) is 0 Å². The van der Waals surface area contributed by atoms with E-state index in [2.05, 4.69) is 12.1 Å². The minimum absolute atomic E-state index is 0.166. The van der Waals surface area contributed by atoms with Gasteiger partial charge in [0, 0.05) is 0 Å². The van der Waals surface area contributed by atoms with E-state index in [-0.39, 0.29) is 5.38 Å². The van der Waals surface area contributed by atoms with E-state index in [4.69, 9.17) is 16.3 Å². The summed E-state index contributed by atoms with van der Waals surface area (Å²) in [6.45, 7) is 0. The summed E-state index contributed by atoms with van der Waals surface area (Å²) in [5.74, 6) is 1.55. The van der Waals surface area contributed by atoms with Crippen LogP contribution in [0.2, 0.25) is 0 Å². The average molecular weight is 253 g/mol. The highest BCUT2D eigenvalue weighted by molar-refractivity contribution is 6.21. The fraction of sp³-hybridized carbons (Fsp3) is 0.600. The molecular weight excluding hydrogens is 232 g/mol. The summed E-state index contributed by atoms with van der Waals surface area (Å²) in [5.41, 5.74) is 1.24. The van der Waals surface area contributed by atoms with Gasteiger partial charge in [-0.05, 0) is 36.5 Å². The van der Waals surface area contributed by atoms with Gasteiger partial charge in [0.1, 0.15) is 5.75 Å². The maximum absolute atomic E-state index is 6.61. The summed E-state index contributed by atoms with van der Waals surface area (Å²) < 4.78 is 5.17. The standard InChI is InChI=1S/C15H21ClO/c1-17-14-10-8-13(9-11-14)15(16)12-6-4-2-3-5-7-12/h8-12,15H,2-7H2,1H3. The normalized spacial score (nSPS) is 19.6. The number of methoxy groups -OCH3 is 1. The van der Waals surface area contributed by atoms with Crippen LogP contribution >= 0.6 is 11.6 Å².